The molecule has 0 aliphatic heterocycles. The predicted octanol–water partition coefficient (Wildman–Crippen LogP) is 1.50. The second kappa shape index (κ2) is 7.73. The van der Waals surface area contributed by atoms with E-state index in [1.165, 1.54) is 0 Å². The van der Waals surface area contributed by atoms with Crippen LogP contribution in [-0.4, -0.2) is 33.8 Å². The van der Waals surface area contributed by atoms with E-state index in [0.29, 0.717) is 24.3 Å². The number of aryl methyl sites for hydroxylation is 2. The Morgan fingerprint density at radius 3 is 2.50 bits per heavy atom. The van der Waals surface area contributed by atoms with Crippen molar-refractivity contribution < 1.29 is 18.3 Å². The van der Waals surface area contributed by atoms with Crippen molar-refractivity contribution in [2.75, 3.05) is 20.3 Å². The first kappa shape index (κ1) is 17.1. The van der Waals surface area contributed by atoms with Crippen molar-refractivity contribution in [1.29, 1.82) is 0 Å². The van der Waals surface area contributed by atoms with Crippen LogP contribution in [0.2, 0.25) is 0 Å². The molecule has 0 aromatic heterocycles. The highest BCUT2D eigenvalue weighted by Gasteiger charge is 2.17. The van der Waals surface area contributed by atoms with Crippen LogP contribution >= 0.6 is 0 Å². The van der Waals surface area contributed by atoms with E-state index in [2.05, 4.69) is 4.72 Å². The summed E-state index contributed by atoms with van der Waals surface area (Å²) < 4.78 is 32.0. The number of nitrogens with one attached hydrogen (secondary N) is 1. The summed E-state index contributed by atoms with van der Waals surface area (Å²) in [6.45, 7) is 4.46. The molecule has 0 saturated carbocycles. The maximum absolute atomic E-state index is 12.2. The number of hydrogen-bond acceptors (Lipinski definition) is 4. The van der Waals surface area contributed by atoms with E-state index in [4.69, 9.17) is 4.74 Å². The fraction of sp³-hybridized carbons (Fsp3) is 0.571. The van der Waals surface area contributed by atoms with E-state index in [1.807, 2.05) is 6.92 Å². The maximum atomic E-state index is 12.2. The highest BCUT2D eigenvalue weighted by atomic mass is 32.2. The van der Waals surface area contributed by atoms with Gasteiger partial charge in [-0.1, -0.05) is 6.07 Å². The van der Waals surface area contributed by atoms with Gasteiger partial charge in [-0.25, -0.2) is 13.1 Å². The van der Waals surface area contributed by atoms with Gasteiger partial charge in [-0.15, -0.1) is 0 Å². The van der Waals surface area contributed by atoms with Crippen molar-refractivity contribution in [3.05, 3.63) is 28.8 Å². The third kappa shape index (κ3) is 4.56. The third-order valence-electron chi connectivity index (χ3n) is 3.16. The van der Waals surface area contributed by atoms with Crippen LogP contribution in [0.3, 0.4) is 0 Å². The second-order valence-electron chi connectivity index (χ2n) is 4.80. The van der Waals surface area contributed by atoms with Gasteiger partial charge in [0.05, 0.1) is 11.5 Å². The van der Waals surface area contributed by atoms with Crippen LogP contribution in [0.5, 0.6) is 0 Å². The molecular formula is C14H23NO4S. The Morgan fingerprint density at radius 2 is 1.90 bits per heavy atom. The predicted molar refractivity (Wildman–Crippen MR) is 78.1 cm³/mol. The Morgan fingerprint density at radius 1 is 1.20 bits per heavy atom. The summed E-state index contributed by atoms with van der Waals surface area (Å²) in [6, 6.07) is 3.33. The third-order valence-corrected chi connectivity index (χ3v) is 4.76. The number of aliphatic hydroxyl groups excluding tert-OH is 1. The Kier molecular flexibility index (Phi) is 6.61. The highest BCUT2D eigenvalue weighted by Crippen LogP contribution is 2.20. The van der Waals surface area contributed by atoms with E-state index < -0.39 is 10.0 Å². The van der Waals surface area contributed by atoms with Gasteiger partial charge < -0.3 is 9.84 Å². The molecule has 0 aliphatic rings. The molecule has 0 fully saturated rings. The van der Waals surface area contributed by atoms with Gasteiger partial charge in [0.25, 0.3) is 0 Å². The zero-order valence-corrected chi connectivity index (χ0v) is 13.1. The summed E-state index contributed by atoms with van der Waals surface area (Å²) in [5, 5.41) is 9.24. The Hall–Kier alpha value is -0.950. The summed E-state index contributed by atoms with van der Waals surface area (Å²) in [5.74, 6) is 0. The van der Waals surface area contributed by atoms with Gasteiger partial charge in [-0.3, -0.25) is 0 Å². The first-order chi connectivity index (χ1) is 9.42. The minimum atomic E-state index is -3.53. The van der Waals surface area contributed by atoms with Crippen LogP contribution in [0.1, 0.15) is 29.5 Å². The van der Waals surface area contributed by atoms with Crippen molar-refractivity contribution in [3.63, 3.8) is 0 Å². The number of methoxy groups -OCH3 is 1. The SMILES string of the molecule is COCCCCNS(=O)(=O)c1cc(CO)c(C)cc1C. The Bertz CT molecular complexity index is 540. The largest absolute Gasteiger partial charge is 0.392 e. The minimum absolute atomic E-state index is 0.164. The number of unbranched alkanes of at least 4 members (excludes halogenated alkanes) is 1. The number of benzene rings is 1. The molecule has 6 heteroatoms. The quantitative estimate of drug-likeness (QED) is 0.714. The number of hydrogen-bond donors (Lipinski definition) is 2. The molecule has 0 amide bonds. The average molecular weight is 301 g/mol. The molecule has 1 aromatic carbocycles. The second-order valence-corrected chi connectivity index (χ2v) is 6.54. The monoisotopic (exact) mass is 301 g/mol. The van der Waals surface area contributed by atoms with Gasteiger partial charge in [-0.2, -0.15) is 0 Å². The normalized spacial score (nSPS) is 11.8. The topological polar surface area (TPSA) is 75.6 Å². The average Bonchev–Trinajstić information content (AvgIpc) is 2.38. The molecule has 0 spiro atoms. The fourth-order valence-electron chi connectivity index (χ4n) is 1.99. The molecule has 0 unspecified atom stereocenters. The molecule has 0 atom stereocenters. The van der Waals surface area contributed by atoms with Crippen molar-refractivity contribution in [2.24, 2.45) is 0 Å². The molecular weight excluding hydrogens is 278 g/mol. The molecule has 0 heterocycles. The van der Waals surface area contributed by atoms with E-state index >= 15 is 0 Å². The lowest BCUT2D eigenvalue weighted by atomic mass is 10.1. The van der Waals surface area contributed by atoms with Gasteiger partial charge in [0.2, 0.25) is 10.0 Å². The number of rotatable bonds is 8. The Labute approximate surface area is 121 Å². The van der Waals surface area contributed by atoms with Crippen LogP contribution in [0.15, 0.2) is 17.0 Å². The molecule has 0 bridgehead atoms. The maximum Gasteiger partial charge on any atom is 0.240 e. The van der Waals surface area contributed by atoms with Crippen molar-refractivity contribution in [3.8, 4) is 0 Å². The minimum Gasteiger partial charge on any atom is -0.392 e. The van der Waals surface area contributed by atoms with E-state index in [-0.39, 0.29) is 11.5 Å². The van der Waals surface area contributed by atoms with Crippen LogP contribution in [0.25, 0.3) is 0 Å². The van der Waals surface area contributed by atoms with Crippen LogP contribution in [-0.2, 0) is 21.4 Å². The molecule has 0 saturated heterocycles. The lowest BCUT2D eigenvalue weighted by Gasteiger charge is -2.12. The zero-order valence-electron chi connectivity index (χ0n) is 12.3. The van der Waals surface area contributed by atoms with E-state index in [1.54, 1.807) is 26.2 Å². The van der Waals surface area contributed by atoms with Crippen molar-refractivity contribution >= 4 is 10.0 Å². The van der Waals surface area contributed by atoms with Gasteiger partial charge in [0.15, 0.2) is 0 Å². The summed E-state index contributed by atoms with van der Waals surface area (Å²) >= 11 is 0. The van der Waals surface area contributed by atoms with Gasteiger partial charge in [0.1, 0.15) is 0 Å². The van der Waals surface area contributed by atoms with Gasteiger partial charge in [0, 0.05) is 20.3 Å². The summed E-state index contributed by atoms with van der Waals surface area (Å²) in [5.41, 5.74) is 2.21. The van der Waals surface area contributed by atoms with E-state index in [0.717, 1.165) is 18.4 Å². The lowest BCUT2D eigenvalue weighted by Crippen LogP contribution is -2.26. The van der Waals surface area contributed by atoms with Gasteiger partial charge in [-0.05, 0) is 49.4 Å². The van der Waals surface area contributed by atoms with Crippen LogP contribution < -0.4 is 4.72 Å². The first-order valence-corrected chi connectivity index (χ1v) is 8.10. The molecule has 1 rings (SSSR count). The lowest BCUT2D eigenvalue weighted by molar-refractivity contribution is 0.193. The molecule has 0 radical (unpaired) electrons. The summed E-state index contributed by atoms with van der Waals surface area (Å²) in [6.07, 6.45) is 1.54. The number of ether oxygens (including phenoxy) is 1. The highest BCUT2D eigenvalue weighted by molar-refractivity contribution is 7.89. The van der Waals surface area contributed by atoms with Crippen LogP contribution in [0.4, 0.5) is 0 Å². The molecule has 5 nitrogen and oxygen atoms in total. The molecule has 114 valence electrons. The smallest absolute Gasteiger partial charge is 0.240 e. The summed E-state index contributed by atoms with van der Waals surface area (Å²) in [7, 11) is -1.91. The summed E-state index contributed by atoms with van der Waals surface area (Å²) in [4.78, 5) is 0.235. The van der Waals surface area contributed by atoms with Crippen molar-refractivity contribution in [2.45, 2.75) is 38.2 Å². The Balaban J connectivity index is 2.82. The molecule has 2 N–H and O–H groups in total. The standard InChI is InChI=1S/C14H23NO4S/c1-11-8-12(2)14(9-13(11)10-16)20(17,18)15-6-4-5-7-19-3/h8-9,15-16H,4-7,10H2,1-3H3. The fourth-order valence-corrected chi connectivity index (χ4v) is 3.34. The molecule has 1 aromatic rings. The van der Waals surface area contributed by atoms with E-state index in [9.17, 15) is 13.5 Å². The first-order valence-electron chi connectivity index (χ1n) is 6.62. The number of aliphatic hydroxyl groups is 1. The van der Waals surface area contributed by atoms with Crippen molar-refractivity contribution in [1.82, 2.24) is 4.72 Å². The number of sulfonamides is 1. The van der Waals surface area contributed by atoms with Gasteiger partial charge >= 0.3 is 0 Å². The zero-order chi connectivity index (χ0) is 15.2. The van der Waals surface area contributed by atoms with Crippen LogP contribution in [0, 0.1) is 13.8 Å². The molecule has 20 heavy (non-hydrogen) atoms. The molecule has 0 aliphatic carbocycles.